The third-order valence-corrected chi connectivity index (χ3v) is 5.91. The van der Waals surface area contributed by atoms with Crippen LogP contribution in [0.1, 0.15) is 15.9 Å². The maximum atomic E-state index is 13.1. The van der Waals surface area contributed by atoms with Crippen molar-refractivity contribution >= 4 is 45.0 Å². The van der Waals surface area contributed by atoms with Crippen LogP contribution in [0.15, 0.2) is 42.7 Å². The van der Waals surface area contributed by atoms with Gasteiger partial charge >= 0.3 is 11.6 Å². The van der Waals surface area contributed by atoms with E-state index in [4.69, 9.17) is 10.7 Å². The van der Waals surface area contributed by atoms with Gasteiger partial charge in [0.25, 0.3) is 5.91 Å². The van der Waals surface area contributed by atoms with Crippen molar-refractivity contribution in [1.82, 2.24) is 24.3 Å². The summed E-state index contributed by atoms with van der Waals surface area (Å²) >= 11 is 0. The van der Waals surface area contributed by atoms with Crippen molar-refractivity contribution in [3.63, 3.8) is 0 Å². The summed E-state index contributed by atoms with van der Waals surface area (Å²) in [7, 11) is 5.39. The van der Waals surface area contributed by atoms with Gasteiger partial charge in [-0.2, -0.15) is 0 Å². The number of nitrogens with two attached hydrogens (primary N) is 1. The van der Waals surface area contributed by atoms with Crippen LogP contribution < -0.4 is 15.5 Å². The highest BCUT2D eigenvalue weighted by atomic mass is 16.6. The molecule has 0 aliphatic heterocycles. The molecule has 3 N–H and O–H groups in total. The smallest absolute Gasteiger partial charge is 0.398 e. The highest BCUT2D eigenvalue weighted by Crippen LogP contribution is 2.31. The Bertz CT molecular complexity index is 1410. The first kappa shape index (κ1) is 22.2. The molecule has 2 aromatic carbocycles. The Labute approximate surface area is 190 Å². The van der Waals surface area contributed by atoms with Crippen molar-refractivity contribution in [3.8, 4) is 0 Å². The van der Waals surface area contributed by atoms with Crippen LogP contribution in [0, 0.1) is 17.0 Å². The lowest BCUT2D eigenvalue weighted by molar-refractivity contribution is -0.389. The van der Waals surface area contributed by atoms with Gasteiger partial charge in [-0.1, -0.05) is 30.3 Å². The van der Waals surface area contributed by atoms with E-state index in [0.717, 1.165) is 21.9 Å². The predicted molar refractivity (Wildman–Crippen MR) is 129 cm³/mol. The molecule has 2 aromatic heterocycles. The topological polar surface area (TPSA) is 129 Å². The second kappa shape index (κ2) is 8.14. The molecule has 170 valence electrons. The molecule has 0 aliphatic rings. The van der Waals surface area contributed by atoms with Gasteiger partial charge in [0.15, 0.2) is 0 Å². The van der Waals surface area contributed by atoms with Gasteiger partial charge in [-0.3, -0.25) is 13.8 Å². The summed E-state index contributed by atoms with van der Waals surface area (Å²) in [5.74, 6) is -0.0134. The second-order valence-corrected chi connectivity index (χ2v) is 8.62. The second-order valence-electron chi connectivity index (χ2n) is 8.62. The molecule has 33 heavy (non-hydrogen) atoms. The monoisotopic (exact) mass is 448 g/mol. The average molecular weight is 449 g/mol. The molecule has 0 aliphatic carbocycles. The summed E-state index contributed by atoms with van der Waals surface area (Å²) in [5.41, 5.74) is 9.74. The number of rotatable bonds is 6. The van der Waals surface area contributed by atoms with Gasteiger partial charge in [0, 0.05) is 17.8 Å². The van der Waals surface area contributed by atoms with Gasteiger partial charge in [0.1, 0.15) is 6.54 Å². The SMILES string of the molecule is Cc1cccc2c(N)c3cccc(C(=O)NCC[N+](C)(C)c4c([N+](=O)[O-])ncn4C)c3nc12. The van der Waals surface area contributed by atoms with E-state index in [1.807, 2.05) is 45.3 Å². The Morgan fingerprint density at radius 1 is 1.18 bits per heavy atom. The molecule has 0 unspecified atom stereocenters. The molecule has 0 atom stereocenters. The number of benzene rings is 2. The summed E-state index contributed by atoms with van der Waals surface area (Å²) in [6.45, 7) is 2.68. The lowest BCUT2D eigenvalue weighted by Gasteiger charge is -2.27. The van der Waals surface area contributed by atoms with E-state index in [9.17, 15) is 14.9 Å². The van der Waals surface area contributed by atoms with Gasteiger partial charge < -0.3 is 21.2 Å². The number of hydrogen-bond donors (Lipinski definition) is 2. The molecule has 0 bridgehead atoms. The number of pyridine rings is 1. The molecule has 4 aromatic rings. The lowest BCUT2D eigenvalue weighted by Crippen LogP contribution is -2.47. The number of likely N-dealkylation sites (N-methyl/N-ethyl adjacent to an activating group) is 1. The van der Waals surface area contributed by atoms with Gasteiger partial charge in [0.05, 0.1) is 42.9 Å². The third-order valence-electron chi connectivity index (χ3n) is 5.91. The number of imidazole rings is 1. The number of anilines is 1. The third kappa shape index (κ3) is 3.85. The van der Waals surface area contributed by atoms with E-state index in [1.54, 1.807) is 23.7 Å². The molecular weight excluding hydrogens is 422 g/mol. The number of aryl methyl sites for hydroxylation is 2. The molecular formula is C23H26N7O3+. The van der Waals surface area contributed by atoms with Crippen LogP contribution >= 0.6 is 0 Å². The Morgan fingerprint density at radius 2 is 1.85 bits per heavy atom. The van der Waals surface area contributed by atoms with Crippen LogP contribution in [0.3, 0.4) is 0 Å². The molecule has 0 fully saturated rings. The zero-order chi connectivity index (χ0) is 23.9. The number of amides is 1. The van der Waals surface area contributed by atoms with Crippen molar-refractivity contribution in [2.45, 2.75) is 6.92 Å². The number of nitrogens with one attached hydrogen (secondary N) is 1. The largest absolute Gasteiger partial charge is 0.446 e. The zero-order valence-electron chi connectivity index (χ0n) is 19.0. The van der Waals surface area contributed by atoms with Crippen molar-refractivity contribution in [2.24, 2.45) is 7.05 Å². The number of carbonyl (C=O) groups is 1. The van der Waals surface area contributed by atoms with Crippen molar-refractivity contribution in [1.29, 1.82) is 0 Å². The summed E-state index contributed by atoms with van der Waals surface area (Å²) in [5, 5.41) is 15.9. The molecule has 1 amide bonds. The van der Waals surface area contributed by atoms with E-state index in [-0.39, 0.29) is 16.2 Å². The fourth-order valence-corrected chi connectivity index (χ4v) is 4.23. The van der Waals surface area contributed by atoms with Gasteiger partial charge in [-0.25, -0.2) is 4.98 Å². The number of hydrogen-bond acceptors (Lipinski definition) is 6. The molecule has 4 rings (SSSR count). The molecule has 10 heteroatoms. The maximum absolute atomic E-state index is 13.1. The van der Waals surface area contributed by atoms with E-state index >= 15 is 0 Å². The van der Waals surface area contributed by atoms with E-state index in [0.29, 0.717) is 35.7 Å². The summed E-state index contributed by atoms with van der Waals surface area (Å²) in [4.78, 5) is 32.6. The molecule has 0 radical (unpaired) electrons. The highest BCUT2D eigenvalue weighted by Gasteiger charge is 2.35. The molecule has 10 nitrogen and oxygen atoms in total. The number of aromatic nitrogens is 3. The molecule has 2 heterocycles. The minimum Gasteiger partial charge on any atom is -0.398 e. The van der Waals surface area contributed by atoms with Gasteiger partial charge in [-0.15, -0.1) is 0 Å². The highest BCUT2D eigenvalue weighted by molar-refractivity contribution is 6.13. The van der Waals surface area contributed by atoms with Gasteiger partial charge in [-0.05, 0) is 28.5 Å². The quantitative estimate of drug-likeness (QED) is 0.202. The molecule has 0 saturated heterocycles. The Kier molecular flexibility index (Phi) is 5.46. The average Bonchev–Trinajstić information content (AvgIpc) is 3.17. The maximum Gasteiger partial charge on any atom is 0.446 e. The van der Waals surface area contributed by atoms with Crippen LogP contribution in [0.2, 0.25) is 0 Å². The summed E-state index contributed by atoms with van der Waals surface area (Å²) in [6.07, 6.45) is 1.42. The number of nitro groups is 1. The number of carbonyl (C=O) groups excluding carboxylic acids is 1. The first-order valence-electron chi connectivity index (χ1n) is 10.5. The fraction of sp³-hybridized carbons (Fsp3) is 0.261. The Balaban J connectivity index is 1.60. The Morgan fingerprint density at radius 3 is 2.55 bits per heavy atom. The summed E-state index contributed by atoms with van der Waals surface area (Å²) in [6, 6.07) is 11.2. The van der Waals surface area contributed by atoms with E-state index in [2.05, 4.69) is 10.3 Å². The van der Waals surface area contributed by atoms with E-state index in [1.165, 1.54) is 6.33 Å². The number of fused-ring (bicyclic) bond motifs is 2. The molecule has 0 saturated carbocycles. The summed E-state index contributed by atoms with van der Waals surface area (Å²) < 4.78 is 1.81. The zero-order valence-corrected chi connectivity index (χ0v) is 19.0. The predicted octanol–water partition coefficient (Wildman–Crippen LogP) is 2.92. The van der Waals surface area contributed by atoms with Crippen LogP contribution in [0.4, 0.5) is 17.3 Å². The minimum absolute atomic E-state index is 0.178. The molecule has 0 spiro atoms. The lowest BCUT2D eigenvalue weighted by atomic mass is 10.0. The van der Waals surface area contributed by atoms with Crippen molar-refractivity contribution in [3.05, 3.63) is 64.0 Å². The number of quaternary nitrogens is 1. The first-order valence-corrected chi connectivity index (χ1v) is 10.5. The standard InChI is InChI=1S/C23H25N7O3/c1-14-7-5-8-15-18(24)16-9-6-10-17(20(16)27-19(14)15)22(31)25-11-12-30(3,4)23-21(29(32)33)26-13-28(23)2/h5-10,13H,11-12H2,1-4H3,(H2-,24,25,27,31)/p+1. The number of nitrogen functional groups attached to an aromatic ring is 1. The first-order chi connectivity index (χ1) is 15.6. The van der Waals surface area contributed by atoms with Gasteiger partial charge in [0.2, 0.25) is 6.33 Å². The number of para-hydroxylation sites is 2. The van der Waals surface area contributed by atoms with Crippen LogP contribution in [0.25, 0.3) is 21.8 Å². The minimum atomic E-state index is -0.494. The van der Waals surface area contributed by atoms with Crippen molar-refractivity contribution in [2.75, 3.05) is 32.9 Å². The van der Waals surface area contributed by atoms with Crippen molar-refractivity contribution < 1.29 is 9.72 Å². The van der Waals surface area contributed by atoms with Crippen LogP contribution in [-0.4, -0.2) is 52.6 Å². The normalized spacial score (nSPS) is 11.8. The Hall–Kier alpha value is -4.05. The fourth-order valence-electron chi connectivity index (χ4n) is 4.23. The number of nitrogens with zero attached hydrogens (tertiary/aromatic N) is 5. The van der Waals surface area contributed by atoms with Crippen LogP contribution in [0.5, 0.6) is 0 Å². The van der Waals surface area contributed by atoms with E-state index < -0.39 is 4.92 Å². The van der Waals surface area contributed by atoms with Crippen LogP contribution in [-0.2, 0) is 7.05 Å².